The smallest absolute Gasteiger partial charge is 0.151 e. The highest BCUT2D eigenvalue weighted by molar-refractivity contribution is 6.42. The van der Waals surface area contributed by atoms with Gasteiger partial charge in [0.25, 0.3) is 0 Å². The molecule has 0 radical (unpaired) electrons. The molecule has 0 aliphatic carbocycles. The van der Waals surface area contributed by atoms with E-state index >= 15 is 0 Å². The second-order valence-corrected chi connectivity index (χ2v) is 8.78. The van der Waals surface area contributed by atoms with Crippen LogP contribution < -0.4 is 4.90 Å². The highest BCUT2D eigenvalue weighted by Crippen LogP contribution is 2.28. The molecule has 2 aliphatic heterocycles. The summed E-state index contributed by atoms with van der Waals surface area (Å²) in [5, 5.41) is 9.94. The molecule has 0 N–H and O–H groups in total. The fourth-order valence-electron chi connectivity index (χ4n) is 4.25. The van der Waals surface area contributed by atoms with Gasteiger partial charge in [-0.25, -0.2) is 0 Å². The molecule has 7 heteroatoms. The minimum atomic E-state index is 0.533. The summed E-state index contributed by atoms with van der Waals surface area (Å²) in [5.74, 6) is 1.76. The molecule has 3 heterocycles. The van der Waals surface area contributed by atoms with Gasteiger partial charge in [0.05, 0.1) is 15.7 Å². The third-order valence-corrected chi connectivity index (χ3v) is 6.54. The minimum absolute atomic E-state index is 0.533. The zero-order chi connectivity index (χ0) is 19.5. The van der Waals surface area contributed by atoms with E-state index in [2.05, 4.69) is 38.0 Å². The maximum atomic E-state index is 6.11. The van der Waals surface area contributed by atoms with E-state index in [0.717, 1.165) is 49.2 Å². The average molecular weight is 420 g/mol. The van der Waals surface area contributed by atoms with Gasteiger partial charge in [-0.05, 0) is 56.6 Å². The second-order valence-electron chi connectivity index (χ2n) is 7.96. The lowest BCUT2D eigenvalue weighted by Crippen LogP contribution is -2.49. The third kappa shape index (κ3) is 4.77. The van der Waals surface area contributed by atoms with Gasteiger partial charge in [-0.2, -0.15) is 0 Å². The van der Waals surface area contributed by atoms with Gasteiger partial charge in [0.2, 0.25) is 0 Å². The SMILES string of the molecule is CN1CCCC(CN2CCN(c3ccc(-c4ccc(Cl)c(Cl)c4)nn3)CC2)C1. The molecule has 0 bridgehead atoms. The zero-order valence-corrected chi connectivity index (χ0v) is 17.8. The van der Waals surface area contributed by atoms with E-state index in [-0.39, 0.29) is 0 Å². The molecule has 0 amide bonds. The zero-order valence-electron chi connectivity index (χ0n) is 16.3. The van der Waals surface area contributed by atoms with Crippen LogP contribution >= 0.6 is 23.2 Å². The van der Waals surface area contributed by atoms with Crippen LogP contribution in [-0.4, -0.2) is 72.9 Å². The summed E-state index contributed by atoms with van der Waals surface area (Å²) in [6, 6.07) is 9.59. The molecule has 2 saturated heterocycles. The number of anilines is 1. The Morgan fingerprint density at radius 1 is 0.964 bits per heavy atom. The topological polar surface area (TPSA) is 35.5 Å². The van der Waals surface area contributed by atoms with E-state index < -0.39 is 0 Å². The van der Waals surface area contributed by atoms with Gasteiger partial charge < -0.3 is 9.80 Å². The van der Waals surface area contributed by atoms with Crippen molar-refractivity contribution in [1.29, 1.82) is 0 Å². The molecule has 1 atom stereocenters. The Kier molecular flexibility index (Phi) is 6.36. The number of likely N-dealkylation sites (tertiary alicyclic amines) is 1. The molecule has 5 nitrogen and oxygen atoms in total. The number of hydrogen-bond acceptors (Lipinski definition) is 5. The monoisotopic (exact) mass is 419 g/mol. The first-order valence-corrected chi connectivity index (χ1v) is 10.8. The van der Waals surface area contributed by atoms with Crippen molar-refractivity contribution in [1.82, 2.24) is 20.0 Å². The standard InChI is InChI=1S/C21H27Cl2N5/c1-26-8-2-3-16(14-26)15-27-9-11-28(12-10-27)21-7-6-20(24-25-21)17-4-5-18(22)19(23)13-17/h4-7,13,16H,2-3,8-12,14-15H2,1H3. The van der Waals surface area contributed by atoms with Gasteiger partial charge in [0.15, 0.2) is 5.82 Å². The predicted octanol–water partition coefficient (Wildman–Crippen LogP) is 3.91. The second kappa shape index (κ2) is 8.95. The average Bonchev–Trinajstić information content (AvgIpc) is 2.71. The fraction of sp³-hybridized carbons (Fsp3) is 0.524. The van der Waals surface area contributed by atoms with Gasteiger partial charge in [-0.15, -0.1) is 10.2 Å². The molecule has 0 spiro atoms. The Labute approximate surface area is 177 Å². The molecule has 2 aromatic rings. The first-order valence-electron chi connectivity index (χ1n) is 10.0. The predicted molar refractivity (Wildman–Crippen MR) is 116 cm³/mol. The maximum Gasteiger partial charge on any atom is 0.151 e. The summed E-state index contributed by atoms with van der Waals surface area (Å²) in [4.78, 5) is 7.41. The summed E-state index contributed by atoms with van der Waals surface area (Å²) in [6.45, 7) is 7.91. The molecule has 150 valence electrons. The van der Waals surface area contributed by atoms with Crippen molar-refractivity contribution in [2.75, 3.05) is 57.8 Å². The number of nitrogens with zero attached hydrogens (tertiary/aromatic N) is 5. The van der Waals surface area contributed by atoms with Crippen molar-refractivity contribution in [3.05, 3.63) is 40.4 Å². The van der Waals surface area contributed by atoms with Gasteiger partial charge in [-0.1, -0.05) is 29.3 Å². The third-order valence-electron chi connectivity index (χ3n) is 5.80. The van der Waals surface area contributed by atoms with Crippen molar-refractivity contribution in [3.63, 3.8) is 0 Å². The van der Waals surface area contributed by atoms with Gasteiger partial charge >= 0.3 is 0 Å². The molecule has 1 unspecified atom stereocenters. The highest BCUT2D eigenvalue weighted by atomic mass is 35.5. The maximum absolute atomic E-state index is 6.11. The van der Waals surface area contributed by atoms with Crippen molar-refractivity contribution in [2.45, 2.75) is 12.8 Å². The fourth-order valence-corrected chi connectivity index (χ4v) is 4.55. The number of piperidine rings is 1. The van der Waals surface area contributed by atoms with Crippen molar-refractivity contribution < 1.29 is 0 Å². The Morgan fingerprint density at radius 2 is 1.79 bits per heavy atom. The molecular weight excluding hydrogens is 393 g/mol. The molecule has 0 saturated carbocycles. The van der Waals surface area contributed by atoms with Crippen molar-refractivity contribution in [3.8, 4) is 11.3 Å². The van der Waals surface area contributed by atoms with Crippen LogP contribution in [0.3, 0.4) is 0 Å². The van der Waals surface area contributed by atoms with Crippen LogP contribution in [0.15, 0.2) is 30.3 Å². The van der Waals surface area contributed by atoms with E-state index in [1.807, 2.05) is 18.2 Å². The Hall–Kier alpha value is -1.40. The minimum Gasteiger partial charge on any atom is -0.353 e. The molecule has 2 fully saturated rings. The highest BCUT2D eigenvalue weighted by Gasteiger charge is 2.23. The Bertz CT molecular complexity index is 790. The van der Waals surface area contributed by atoms with E-state index in [1.54, 1.807) is 6.07 Å². The number of rotatable bonds is 4. The lowest BCUT2D eigenvalue weighted by atomic mass is 9.97. The molecule has 28 heavy (non-hydrogen) atoms. The van der Waals surface area contributed by atoms with Crippen molar-refractivity contribution >= 4 is 29.0 Å². The summed E-state index contributed by atoms with van der Waals surface area (Å²) < 4.78 is 0. The lowest BCUT2D eigenvalue weighted by Gasteiger charge is -2.38. The number of benzene rings is 1. The van der Waals surface area contributed by atoms with Crippen LogP contribution in [0, 0.1) is 5.92 Å². The van der Waals surface area contributed by atoms with Crippen LogP contribution in [0.5, 0.6) is 0 Å². The lowest BCUT2D eigenvalue weighted by molar-refractivity contribution is 0.147. The summed E-state index contributed by atoms with van der Waals surface area (Å²) in [7, 11) is 2.24. The molecule has 2 aliphatic rings. The van der Waals surface area contributed by atoms with Gasteiger partial charge in [-0.3, -0.25) is 4.90 Å². The first-order chi connectivity index (χ1) is 13.6. The van der Waals surface area contributed by atoms with Crippen LogP contribution in [0.1, 0.15) is 12.8 Å². The van der Waals surface area contributed by atoms with Crippen molar-refractivity contribution in [2.24, 2.45) is 5.92 Å². The number of aromatic nitrogens is 2. The Balaban J connectivity index is 1.32. The summed E-state index contributed by atoms with van der Waals surface area (Å²) in [6.07, 6.45) is 2.70. The molecule has 1 aromatic carbocycles. The quantitative estimate of drug-likeness (QED) is 0.750. The van der Waals surface area contributed by atoms with Gasteiger partial charge in [0, 0.05) is 44.8 Å². The molecule has 1 aromatic heterocycles. The number of halogens is 2. The first kappa shape index (κ1) is 19.9. The normalized spacial score (nSPS) is 21.8. The molecular formula is C21H27Cl2N5. The number of hydrogen-bond donors (Lipinski definition) is 0. The van der Waals surface area contributed by atoms with Crippen LogP contribution in [0.2, 0.25) is 10.0 Å². The van der Waals surface area contributed by atoms with Crippen LogP contribution in [0.25, 0.3) is 11.3 Å². The van der Waals surface area contributed by atoms with E-state index in [0.29, 0.717) is 10.0 Å². The van der Waals surface area contributed by atoms with E-state index in [9.17, 15) is 0 Å². The van der Waals surface area contributed by atoms with E-state index in [4.69, 9.17) is 23.2 Å². The Morgan fingerprint density at radius 3 is 2.46 bits per heavy atom. The van der Waals surface area contributed by atoms with Gasteiger partial charge in [0.1, 0.15) is 0 Å². The van der Waals surface area contributed by atoms with Crippen LogP contribution in [-0.2, 0) is 0 Å². The van der Waals surface area contributed by atoms with Crippen LogP contribution in [0.4, 0.5) is 5.82 Å². The summed E-state index contributed by atoms with van der Waals surface area (Å²) >= 11 is 12.1. The number of piperazine rings is 1. The van der Waals surface area contributed by atoms with E-state index in [1.165, 1.54) is 32.5 Å². The largest absolute Gasteiger partial charge is 0.353 e. The molecule has 4 rings (SSSR count). The summed E-state index contributed by atoms with van der Waals surface area (Å²) in [5.41, 5.74) is 1.73.